The maximum absolute atomic E-state index is 12.6. The van der Waals surface area contributed by atoms with Crippen LogP contribution in [0.3, 0.4) is 0 Å². The highest BCUT2D eigenvalue weighted by atomic mass is 16.7. The van der Waals surface area contributed by atoms with Crippen molar-refractivity contribution in [2.45, 2.75) is 13.0 Å². The molecule has 0 N–H and O–H groups in total. The van der Waals surface area contributed by atoms with E-state index in [4.69, 9.17) is 4.84 Å². The third-order valence-corrected chi connectivity index (χ3v) is 3.93. The quantitative estimate of drug-likeness (QED) is 0.676. The second-order valence-electron chi connectivity index (χ2n) is 5.53. The van der Waals surface area contributed by atoms with E-state index in [2.05, 4.69) is 10.3 Å². The van der Waals surface area contributed by atoms with Crippen molar-refractivity contribution in [3.63, 3.8) is 0 Å². The number of hydrogen-bond acceptors (Lipinski definition) is 6. The van der Waals surface area contributed by atoms with Crippen LogP contribution in [-0.2, 0) is 4.84 Å². The van der Waals surface area contributed by atoms with Gasteiger partial charge in [0.2, 0.25) is 0 Å². The Kier molecular flexibility index (Phi) is 3.40. The van der Waals surface area contributed by atoms with Crippen LogP contribution in [0.5, 0.6) is 0 Å². The van der Waals surface area contributed by atoms with Crippen molar-refractivity contribution in [1.82, 2.24) is 20.1 Å². The number of nitrogens with zero attached hydrogens (tertiary/aromatic N) is 4. The highest BCUT2D eigenvalue weighted by molar-refractivity contribution is 6.20. The summed E-state index contributed by atoms with van der Waals surface area (Å²) in [6.07, 6.45) is -1.10. The summed E-state index contributed by atoms with van der Waals surface area (Å²) in [5, 5.41) is 8.34. The van der Waals surface area contributed by atoms with E-state index in [-0.39, 0.29) is 11.1 Å². The van der Waals surface area contributed by atoms with Crippen LogP contribution in [0.1, 0.15) is 32.4 Å². The first kappa shape index (κ1) is 15.2. The number of amides is 2. The number of fused-ring (bicyclic) bond motifs is 2. The lowest BCUT2D eigenvalue weighted by molar-refractivity contribution is -0.114. The van der Waals surface area contributed by atoms with E-state index in [1.54, 1.807) is 36.4 Å². The van der Waals surface area contributed by atoms with Gasteiger partial charge in [0.25, 0.3) is 17.7 Å². The summed E-state index contributed by atoms with van der Waals surface area (Å²) in [4.78, 5) is 42.5. The molecule has 2 aromatic carbocycles. The van der Waals surface area contributed by atoms with Crippen LogP contribution in [0.15, 0.2) is 48.5 Å². The fraction of sp³-hybridized carbons (Fsp3) is 0.118. The highest BCUT2D eigenvalue weighted by Crippen LogP contribution is 2.23. The monoisotopic (exact) mass is 336 g/mol. The predicted molar refractivity (Wildman–Crippen MR) is 85.6 cm³/mol. The SMILES string of the molecule is C[C@H](ON1C(=O)c2ccccc2C1=O)C(=O)n1nnc2ccccc21. The van der Waals surface area contributed by atoms with Crippen LogP contribution in [0.2, 0.25) is 0 Å². The minimum absolute atomic E-state index is 0.248. The van der Waals surface area contributed by atoms with Gasteiger partial charge in [-0.3, -0.25) is 14.4 Å². The standard InChI is InChI=1S/C17H12N4O4/c1-10(15(22)20-14-9-5-4-8-13(14)18-19-20)25-21-16(23)11-6-2-3-7-12(11)17(21)24/h2-10H,1H3/t10-/m0/s1. The van der Waals surface area contributed by atoms with Crippen molar-refractivity contribution in [2.75, 3.05) is 0 Å². The predicted octanol–water partition coefficient (Wildman–Crippen LogP) is 1.69. The molecule has 1 aromatic heterocycles. The van der Waals surface area contributed by atoms with E-state index in [0.29, 0.717) is 16.1 Å². The van der Waals surface area contributed by atoms with Gasteiger partial charge in [-0.05, 0) is 31.2 Å². The number of carbonyl (C=O) groups is 3. The molecule has 0 unspecified atom stereocenters. The lowest BCUT2D eigenvalue weighted by atomic mass is 10.1. The van der Waals surface area contributed by atoms with Crippen molar-refractivity contribution in [3.8, 4) is 0 Å². The van der Waals surface area contributed by atoms with Gasteiger partial charge >= 0.3 is 0 Å². The van der Waals surface area contributed by atoms with Crippen molar-refractivity contribution >= 4 is 28.8 Å². The van der Waals surface area contributed by atoms with Crippen molar-refractivity contribution < 1.29 is 19.2 Å². The van der Waals surface area contributed by atoms with Gasteiger partial charge in [0, 0.05) is 0 Å². The molecule has 0 fully saturated rings. The van der Waals surface area contributed by atoms with Crippen LogP contribution in [0.25, 0.3) is 11.0 Å². The third-order valence-electron chi connectivity index (χ3n) is 3.93. The molecular weight excluding hydrogens is 324 g/mol. The minimum atomic E-state index is -1.10. The van der Waals surface area contributed by atoms with E-state index in [1.807, 2.05) is 0 Å². The van der Waals surface area contributed by atoms with Crippen LogP contribution in [0.4, 0.5) is 0 Å². The number of imide groups is 1. The van der Waals surface area contributed by atoms with Crippen LogP contribution in [0, 0.1) is 0 Å². The summed E-state index contributed by atoms with van der Waals surface area (Å²) in [6.45, 7) is 1.45. The molecule has 1 atom stereocenters. The van der Waals surface area contributed by atoms with E-state index < -0.39 is 23.8 Å². The Morgan fingerprint density at radius 3 is 2.28 bits per heavy atom. The van der Waals surface area contributed by atoms with Crippen LogP contribution >= 0.6 is 0 Å². The van der Waals surface area contributed by atoms with Gasteiger partial charge in [0.15, 0.2) is 6.10 Å². The van der Waals surface area contributed by atoms with E-state index in [9.17, 15) is 14.4 Å². The molecule has 0 bridgehead atoms. The Hall–Kier alpha value is -3.39. The second kappa shape index (κ2) is 5.60. The summed E-state index contributed by atoms with van der Waals surface area (Å²) in [6, 6.07) is 13.3. The van der Waals surface area contributed by atoms with Crippen molar-refractivity contribution in [2.24, 2.45) is 0 Å². The molecule has 2 heterocycles. The number of hydroxylamine groups is 2. The molecular formula is C17H12N4O4. The highest BCUT2D eigenvalue weighted by Gasteiger charge is 2.38. The maximum Gasteiger partial charge on any atom is 0.285 e. The molecule has 8 nitrogen and oxygen atoms in total. The van der Waals surface area contributed by atoms with Gasteiger partial charge in [-0.2, -0.15) is 4.68 Å². The van der Waals surface area contributed by atoms with E-state index >= 15 is 0 Å². The first-order chi connectivity index (χ1) is 12.1. The average Bonchev–Trinajstić information content (AvgIpc) is 3.17. The molecule has 0 saturated carbocycles. The van der Waals surface area contributed by atoms with Gasteiger partial charge < -0.3 is 0 Å². The smallest absolute Gasteiger partial charge is 0.269 e. The molecule has 3 aromatic rings. The molecule has 1 aliphatic rings. The van der Waals surface area contributed by atoms with Crippen molar-refractivity contribution in [3.05, 3.63) is 59.7 Å². The fourth-order valence-corrected chi connectivity index (χ4v) is 2.67. The number of para-hydroxylation sites is 1. The summed E-state index contributed by atoms with van der Waals surface area (Å²) in [5.74, 6) is -1.72. The number of benzene rings is 2. The summed E-state index contributed by atoms with van der Waals surface area (Å²) < 4.78 is 1.10. The Balaban J connectivity index is 1.58. The van der Waals surface area contributed by atoms with Gasteiger partial charge in [-0.1, -0.05) is 29.5 Å². The number of aromatic nitrogens is 3. The number of rotatable bonds is 3. The number of hydrogen-bond donors (Lipinski definition) is 0. The Morgan fingerprint density at radius 1 is 1.00 bits per heavy atom. The molecule has 4 rings (SSSR count). The Labute approximate surface area is 141 Å². The zero-order valence-corrected chi connectivity index (χ0v) is 13.1. The maximum atomic E-state index is 12.6. The Bertz CT molecular complexity index is 991. The van der Waals surface area contributed by atoms with E-state index in [1.165, 1.54) is 19.1 Å². The third kappa shape index (κ3) is 2.31. The topological polar surface area (TPSA) is 94.4 Å². The van der Waals surface area contributed by atoms with Crippen molar-refractivity contribution in [1.29, 1.82) is 0 Å². The average molecular weight is 336 g/mol. The zero-order chi connectivity index (χ0) is 17.6. The van der Waals surface area contributed by atoms with Gasteiger partial charge in [-0.25, -0.2) is 4.84 Å². The molecule has 0 aliphatic carbocycles. The normalized spacial score (nSPS) is 14.8. The van der Waals surface area contributed by atoms with Gasteiger partial charge in [0.05, 0.1) is 16.6 Å². The number of carbonyl (C=O) groups excluding carboxylic acids is 3. The molecule has 0 radical (unpaired) electrons. The fourth-order valence-electron chi connectivity index (χ4n) is 2.67. The second-order valence-corrected chi connectivity index (χ2v) is 5.53. The molecule has 0 saturated heterocycles. The largest absolute Gasteiger partial charge is 0.285 e. The van der Waals surface area contributed by atoms with Crippen LogP contribution in [-0.4, -0.2) is 43.9 Å². The molecule has 8 heteroatoms. The zero-order valence-electron chi connectivity index (χ0n) is 13.1. The lowest BCUT2D eigenvalue weighted by Gasteiger charge is -2.18. The van der Waals surface area contributed by atoms with Gasteiger partial charge in [-0.15, -0.1) is 10.2 Å². The first-order valence-electron chi connectivity index (χ1n) is 7.57. The lowest BCUT2D eigenvalue weighted by Crippen LogP contribution is -2.38. The summed E-state index contributed by atoms with van der Waals surface area (Å²) in [5.41, 5.74) is 1.57. The molecule has 124 valence electrons. The molecule has 1 aliphatic heterocycles. The molecule has 2 amide bonds. The molecule has 25 heavy (non-hydrogen) atoms. The summed E-state index contributed by atoms with van der Waals surface area (Å²) in [7, 11) is 0. The molecule has 0 spiro atoms. The Morgan fingerprint density at radius 2 is 1.60 bits per heavy atom. The minimum Gasteiger partial charge on any atom is -0.269 e. The summed E-state index contributed by atoms with van der Waals surface area (Å²) >= 11 is 0. The first-order valence-corrected chi connectivity index (χ1v) is 7.57. The van der Waals surface area contributed by atoms with Gasteiger partial charge in [0.1, 0.15) is 5.52 Å². The van der Waals surface area contributed by atoms with Crippen LogP contribution < -0.4 is 0 Å². The van der Waals surface area contributed by atoms with E-state index in [0.717, 1.165) is 4.68 Å².